The van der Waals surface area contributed by atoms with E-state index in [-0.39, 0.29) is 0 Å². The smallest absolute Gasteiger partial charge is 0.249 e. The van der Waals surface area contributed by atoms with Gasteiger partial charge in [-0.05, 0) is 24.1 Å². The molecule has 1 aromatic rings. The van der Waals surface area contributed by atoms with E-state index in [0.717, 1.165) is 10.0 Å². The van der Waals surface area contributed by atoms with Gasteiger partial charge in [-0.15, -0.1) is 0 Å². The summed E-state index contributed by atoms with van der Waals surface area (Å²) in [5.74, 6) is -0.945. The Bertz CT molecular complexity index is 381. The Morgan fingerprint density at radius 1 is 1.47 bits per heavy atom. The molecule has 0 fully saturated rings. The third-order valence-corrected chi connectivity index (χ3v) is 2.98. The van der Waals surface area contributed by atoms with E-state index in [1.165, 1.54) is 0 Å². The average Bonchev–Trinajstić information content (AvgIpc) is 2.19. The molecule has 0 saturated carbocycles. The van der Waals surface area contributed by atoms with Crippen molar-refractivity contribution in [1.29, 1.82) is 0 Å². The van der Waals surface area contributed by atoms with Gasteiger partial charge >= 0.3 is 0 Å². The van der Waals surface area contributed by atoms with E-state index in [4.69, 9.17) is 5.73 Å². The van der Waals surface area contributed by atoms with Crippen molar-refractivity contribution in [2.24, 2.45) is 5.73 Å². The number of carbonyl (C=O) groups excluding carboxylic acids is 1. The van der Waals surface area contributed by atoms with E-state index < -0.39 is 18.1 Å². The minimum Gasteiger partial charge on any atom is -0.385 e. The summed E-state index contributed by atoms with van der Waals surface area (Å²) in [7, 11) is 0. The Balaban J connectivity index is 2.96. The highest BCUT2D eigenvalue weighted by Crippen LogP contribution is 2.23. The molecule has 0 saturated heterocycles. The molecule has 1 aromatic carbocycles. The number of aliphatic hydroxyl groups excluding tert-OH is 2. The third kappa shape index (κ3) is 2.77. The Hall–Kier alpha value is -0.910. The van der Waals surface area contributed by atoms with Crippen molar-refractivity contribution in [2.45, 2.75) is 19.1 Å². The summed E-state index contributed by atoms with van der Waals surface area (Å²) in [4.78, 5) is 10.7. The van der Waals surface area contributed by atoms with Crippen molar-refractivity contribution in [2.75, 3.05) is 0 Å². The molecular weight excluding hydrogens is 262 g/mol. The summed E-state index contributed by atoms with van der Waals surface area (Å²) in [6, 6.07) is 5.05. The number of carbonyl (C=O) groups is 1. The average molecular weight is 274 g/mol. The van der Waals surface area contributed by atoms with Crippen molar-refractivity contribution in [3.05, 3.63) is 33.8 Å². The van der Waals surface area contributed by atoms with Crippen LogP contribution in [0.5, 0.6) is 0 Å². The number of nitrogens with two attached hydrogens (primary N) is 1. The lowest BCUT2D eigenvalue weighted by atomic mass is 10.0. The molecule has 15 heavy (non-hydrogen) atoms. The summed E-state index contributed by atoms with van der Waals surface area (Å²) < 4.78 is 0.802. The summed E-state index contributed by atoms with van der Waals surface area (Å²) in [5.41, 5.74) is 6.32. The molecule has 0 radical (unpaired) electrons. The van der Waals surface area contributed by atoms with Gasteiger partial charge in [0.15, 0.2) is 6.10 Å². The molecule has 0 spiro atoms. The zero-order chi connectivity index (χ0) is 11.6. The largest absolute Gasteiger partial charge is 0.385 e. The highest BCUT2D eigenvalue weighted by atomic mass is 79.9. The van der Waals surface area contributed by atoms with Crippen LogP contribution in [0.25, 0.3) is 0 Å². The lowest BCUT2D eigenvalue weighted by Gasteiger charge is -2.15. The van der Waals surface area contributed by atoms with Crippen molar-refractivity contribution >= 4 is 21.8 Å². The zero-order valence-corrected chi connectivity index (χ0v) is 9.73. The third-order valence-electron chi connectivity index (χ3n) is 2.13. The van der Waals surface area contributed by atoms with Gasteiger partial charge in [0, 0.05) is 4.47 Å². The monoisotopic (exact) mass is 273 g/mol. The standard InChI is InChI=1S/C10H12BrNO3/c1-5-2-3-6(4-7(5)11)8(13)9(14)10(12)15/h2-4,8-9,13-14H,1H3,(H2,12,15). The fraction of sp³-hybridized carbons (Fsp3) is 0.300. The molecule has 82 valence electrons. The molecule has 2 unspecified atom stereocenters. The molecule has 5 heteroatoms. The number of halogens is 1. The topological polar surface area (TPSA) is 83.6 Å². The van der Waals surface area contributed by atoms with Crippen molar-refractivity contribution in [3.8, 4) is 0 Å². The van der Waals surface area contributed by atoms with Crippen LogP contribution in [0.2, 0.25) is 0 Å². The molecule has 1 amide bonds. The summed E-state index contributed by atoms with van der Waals surface area (Å²) in [5, 5.41) is 18.9. The van der Waals surface area contributed by atoms with Gasteiger partial charge in [-0.3, -0.25) is 4.79 Å². The predicted octanol–water partition coefficient (Wildman–Crippen LogP) is 0.637. The van der Waals surface area contributed by atoms with Gasteiger partial charge in [0.2, 0.25) is 5.91 Å². The highest BCUT2D eigenvalue weighted by Gasteiger charge is 2.23. The van der Waals surface area contributed by atoms with E-state index in [9.17, 15) is 15.0 Å². The van der Waals surface area contributed by atoms with E-state index in [1.807, 2.05) is 6.92 Å². The number of hydrogen-bond acceptors (Lipinski definition) is 3. The molecule has 4 N–H and O–H groups in total. The minimum absolute atomic E-state index is 0.443. The lowest BCUT2D eigenvalue weighted by Crippen LogP contribution is -2.33. The zero-order valence-electron chi connectivity index (χ0n) is 8.14. The Morgan fingerprint density at radius 2 is 2.07 bits per heavy atom. The van der Waals surface area contributed by atoms with Crippen LogP contribution in [-0.4, -0.2) is 22.2 Å². The number of primary amides is 1. The number of aliphatic hydroxyl groups is 2. The first-order valence-corrected chi connectivity index (χ1v) is 5.14. The molecule has 2 atom stereocenters. The number of benzene rings is 1. The van der Waals surface area contributed by atoms with Gasteiger partial charge < -0.3 is 15.9 Å². The van der Waals surface area contributed by atoms with E-state index in [2.05, 4.69) is 15.9 Å². The van der Waals surface area contributed by atoms with Crippen LogP contribution in [0.4, 0.5) is 0 Å². The van der Waals surface area contributed by atoms with Crippen LogP contribution in [0, 0.1) is 6.92 Å². The Labute approximate surface area is 95.8 Å². The minimum atomic E-state index is -1.58. The van der Waals surface area contributed by atoms with E-state index >= 15 is 0 Å². The maximum atomic E-state index is 10.7. The van der Waals surface area contributed by atoms with Crippen LogP contribution in [0.1, 0.15) is 17.2 Å². The summed E-state index contributed by atoms with van der Waals surface area (Å²) in [6.07, 6.45) is -2.88. The van der Waals surface area contributed by atoms with Crippen LogP contribution < -0.4 is 5.73 Å². The molecular formula is C10H12BrNO3. The fourth-order valence-electron chi connectivity index (χ4n) is 1.13. The first kappa shape index (κ1) is 12.2. The fourth-order valence-corrected chi connectivity index (χ4v) is 1.53. The van der Waals surface area contributed by atoms with E-state index in [1.54, 1.807) is 18.2 Å². The first-order chi connectivity index (χ1) is 6.93. The van der Waals surface area contributed by atoms with Gasteiger partial charge in [0.25, 0.3) is 0 Å². The van der Waals surface area contributed by atoms with Gasteiger partial charge in [-0.2, -0.15) is 0 Å². The van der Waals surface area contributed by atoms with Crippen LogP contribution in [-0.2, 0) is 4.79 Å². The Kier molecular flexibility index (Phi) is 3.84. The molecule has 1 rings (SSSR count). The molecule has 0 aromatic heterocycles. The summed E-state index contributed by atoms with van der Waals surface area (Å²) >= 11 is 3.29. The van der Waals surface area contributed by atoms with Crippen LogP contribution >= 0.6 is 15.9 Å². The van der Waals surface area contributed by atoms with Crippen molar-refractivity contribution < 1.29 is 15.0 Å². The molecule has 0 aliphatic heterocycles. The second kappa shape index (κ2) is 4.74. The van der Waals surface area contributed by atoms with E-state index in [0.29, 0.717) is 5.56 Å². The maximum Gasteiger partial charge on any atom is 0.249 e. The molecule has 0 heterocycles. The molecule has 0 aliphatic carbocycles. The molecule has 0 bridgehead atoms. The number of hydrogen-bond donors (Lipinski definition) is 3. The van der Waals surface area contributed by atoms with Crippen molar-refractivity contribution in [1.82, 2.24) is 0 Å². The van der Waals surface area contributed by atoms with Crippen LogP contribution in [0.15, 0.2) is 22.7 Å². The highest BCUT2D eigenvalue weighted by molar-refractivity contribution is 9.10. The first-order valence-electron chi connectivity index (χ1n) is 4.35. The van der Waals surface area contributed by atoms with Gasteiger partial charge in [0.1, 0.15) is 6.10 Å². The van der Waals surface area contributed by atoms with Gasteiger partial charge in [0.05, 0.1) is 0 Å². The molecule has 0 aliphatic rings. The molecule has 4 nitrogen and oxygen atoms in total. The van der Waals surface area contributed by atoms with Crippen molar-refractivity contribution in [3.63, 3.8) is 0 Å². The normalized spacial score (nSPS) is 14.7. The maximum absolute atomic E-state index is 10.7. The number of aryl methyl sites for hydroxylation is 1. The second-order valence-electron chi connectivity index (χ2n) is 3.30. The Morgan fingerprint density at radius 3 is 2.53 bits per heavy atom. The SMILES string of the molecule is Cc1ccc(C(O)C(O)C(N)=O)cc1Br. The predicted molar refractivity (Wildman–Crippen MR) is 59.0 cm³/mol. The second-order valence-corrected chi connectivity index (χ2v) is 4.16. The number of amides is 1. The lowest BCUT2D eigenvalue weighted by molar-refractivity contribution is -0.131. The van der Waals surface area contributed by atoms with Gasteiger partial charge in [-0.1, -0.05) is 28.1 Å². The van der Waals surface area contributed by atoms with Gasteiger partial charge in [-0.25, -0.2) is 0 Å². The summed E-state index contributed by atoms with van der Waals surface area (Å²) in [6.45, 7) is 1.89. The quantitative estimate of drug-likeness (QED) is 0.756. The van der Waals surface area contributed by atoms with Crippen LogP contribution in [0.3, 0.4) is 0 Å². The number of rotatable bonds is 3.